The van der Waals surface area contributed by atoms with Crippen LogP contribution in [0.15, 0.2) is 12.2 Å². The Labute approximate surface area is 387 Å². The van der Waals surface area contributed by atoms with Gasteiger partial charge in [-0.3, -0.25) is 4.79 Å². The first-order valence-corrected chi connectivity index (χ1v) is 28.1. The Balaban J connectivity index is 3.57. The predicted molar refractivity (Wildman–Crippen MR) is 270 cm³/mol. The van der Waals surface area contributed by atoms with Gasteiger partial charge < -0.3 is 25.7 Å². The quantitative estimate of drug-likeness (QED) is 0.0309. The summed E-state index contributed by atoms with van der Waals surface area (Å²) >= 11 is 0. The first kappa shape index (κ1) is 61.0. The van der Waals surface area contributed by atoms with E-state index in [1.54, 1.807) is 0 Å². The first-order valence-electron chi connectivity index (χ1n) is 28.1. The molecule has 0 saturated carbocycles. The number of carbonyl (C=O) groups is 1. The normalized spacial score (nSPS) is 13.8. The van der Waals surface area contributed by atoms with Gasteiger partial charge in [0.25, 0.3) is 0 Å². The molecule has 0 rings (SSSR count). The summed E-state index contributed by atoms with van der Waals surface area (Å²) < 4.78 is 0. The van der Waals surface area contributed by atoms with Gasteiger partial charge in [-0.25, -0.2) is 0 Å². The largest absolute Gasteiger partial charge is 0.394 e. The summed E-state index contributed by atoms with van der Waals surface area (Å²) in [6.07, 6.45) is 60.1. The number of allylic oxidation sites excluding steroid dienone is 2. The Hall–Kier alpha value is -0.950. The highest BCUT2D eigenvalue weighted by Gasteiger charge is 2.28. The highest BCUT2D eigenvalue weighted by Crippen LogP contribution is 2.18. The van der Waals surface area contributed by atoms with Gasteiger partial charge in [-0.15, -0.1) is 0 Å². The molecule has 0 aliphatic carbocycles. The fourth-order valence-corrected chi connectivity index (χ4v) is 9.06. The van der Waals surface area contributed by atoms with Gasteiger partial charge in [0.1, 0.15) is 12.2 Å². The lowest BCUT2D eigenvalue weighted by Gasteiger charge is -2.27. The zero-order chi connectivity index (χ0) is 45.2. The maximum absolute atomic E-state index is 12.6. The number of aliphatic hydroxyl groups excluding tert-OH is 4. The molecule has 0 aromatic rings. The second kappa shape index (κ2) is 51.0. The fraction of sp³-hybridized carbons (Fsp3) is 0.946. The molecule has 5 N–H and O–H groups in total. The molecule has 1 amide bonds. The number of amides is 1. The molecule has 0 aliphatic rings. The van der Waals surface area contributed by atoms with E-state index in [0.29, 0.717) is 12.8 Å². The molecule has 0 fully saturated rings. The van der Waals surface area contributed by atoms with Crippen molar-refractivity contribution in [1.82, 2.24) is 5.32 Å². The zero-order valence-electron chi connectivity index (χ0n) is 41.9. The smallest absolute Gasteiger partial charge is 0.249 e. The number of carbonyl (C=O) groups excluding carboxylic acids is 1. The Kier molecular flexibility index (Phi) is 50.3. The second-order valence-electron chi connectivity index (χ2n) is 19.6. The van der Waals surface area contributed by atoms with Crippen LogP contribution in [0.2, 0.25) is 0 Å². The van der Waals surface area contributed by atoms with Crippen molar-refractivity contribution in [3.8, 4) is 0 Å². The summed E-state index contributed by atoms with van der Waals surface area (Å²) in [6, 6.07) is -0.998. The van der Waals surface area contributed by atoms with Gasteiger partial charge in [0.15, 0.2) is 0 Å². The standard InChI is InChI=1S/C56H111NO5/c1-3-5-7-9-11-13-15-17-19-21-22-23-24-25-26-27-28-29-30-31-32-33-34-36-38-40-42-44-46-48-50-54(60)56(62)57-52(51-58)55(61)53(59)49-47-45-43-41-39-37-35-20-18-16-14-12-10-8-6-4-2/h41,43,52-55,58-61H,3-40,42,44-51H2,1-2H3,(H,57,62)/b43-41+. The van der Waals surface area contributed by atoms with Crippen molar-refractivity contribution in [2.75, 3.05) is 6.61 Å². The molecule has 62 heavy (non-hydrogen) atoms. The highest BCUT2D eigenvalue weighted by atomic mass is 16.3. The monoisotopic (exact) mass is 878 g/mol. The Morgan fingerprint density at radius 1 is 0.387 bits per heavy atom. The van der Waals surface area contributed by atoms with Crippen LogP contribution >= 0.6 is 0 Å². The van der Waals surface area contributed by atoms with Crippen LogP contribution in [-0.2, 0) is 4.79 Å². The molecule has 0 aliphatic heterocycles. The van der Waals surface area contributed by atoms with E-state index in [1.807, 2.05) is 0 Å². The van der Waals surface area contributed by atoms with Gasteiger partial charge in [0, 0.05) is 0 Å². The van der Waals surface area contributed by atoms with E-state index in [4.69, 9.17) is 0 Å². The molecule has 370 valence electrons. The molecular weight excluding hydrogens is 767 g/mol. The molecule has 0 spiro atoms. The highest BCUT2D eigenvalue weighted by molar-refractivity contribution is 5.80. The number of hydrogen-bond acceptors (Lipinski definition) is 5. The van der Waals surface area contributed by atoms with Crippen LogP contribution in [-0.4, -0.2) is 57.3 Å². The lowest BCUT2D eigenvalue weighted by Crippen LogP contribution is -2.53. The average molecular weight is 879 g/mol. The van der Waals surface area contributed by atoms with E-state index in [0.717, 1.165) is 38.5 Å². The van der Waals surface area contributed by atoms with Crippen LogP contribution in [0.3, 0.4) is 0 Å². The van der Waals surface area contributed by atoms with Crippen molar-refractivity contribution in [1.29, 1.82) is 0 Å². The molecular formula is C56H111NO5. The summed E-state index contributed by atoms with van der Waals surface area (Å²) in [5.41, 5.74) is 0. The molecule has 6 heteroatoms. The Morgan fingerprint density at radius 3 is 0.968 bits per heavy atom. The minimum Gasteiger partial charge on any atom is -0.394 e. The summed E-state index contributed by atoms with van der Waals surface area (Å²) in [5, 5.41) is 43.9. The van der Waals surface area contributed by atoms with E-state index in [1.165, 1.54) is 244 Å². The average Bonchev–Trinajstić information content (AvgIpc) is 3.28. The van der Waals surface area contributed by atoms with E-state index in [-0.39, 0.29) is 0 Å². The van der Waals surface area contributed by atoms with Crippen molar-refractivity contribution in [2.24, 2.45) is 0 Å². The molecule has 0 aromatic heterocycles. The third kappa shape index (κ3) is 44.3. The van der Waals surface area contributed by atoms with Gasteiger partial charge in [-0.1, -0.05) is 283 Å². The van der Waals surface area contributed by atoms with Crippen molar-refractivity contribution in [3.63, 3.8) is 0 Å². The number of nitrogens with one attached hydrogen (secondary N) is 1. The van der Waals surface area contributed by atoms with E-state index in [9.17, 15) is 25.2 Å². The molecule has 0 aromatic carbocycles. The van der Waals surface area contributed by atoms with Crippen molar-refractivity contribution in [3.05, 3.63) is 12.2 Å². The van der Waals surface area contributed by atoms with Crippen LogP contribution in [0.5, 0.6) is 0 Å². The summed E-state index contributed by atoms with van der Waals surface area (Å²) in [5.74, 6) is -0.587. The molecule has 4 atom stereocenters. The molecule has 0 saturated heterocycles. The van der Waals surface area contributed by atoms with Crippen LogP contribution in [0.4, 0.5) is 0 Å². The third-order valence-electron chi connectivity index (χ3n) is 13.5. The number of aliphatic hydroxyl groups is 4. The number of rotatable bonds is 52. The summed E-state index contributed by atoms with van der Waals surface area (Å²) in [6.45, 7) is 4.07. The van der Waals surface area contributed by atoms with E-state index in [2.05, 4.69) is 31.3 Å². The number of unbranched alkanes of at least 4 members (excludes halogenated alkanes) is 41. The minimum absolute atomic E-state index is 0.369. The van der Waals surface area contributed by atoms with Crippen LogP contribution in [0.25, 0.3) is 0 Å². The SMILES string of the molecule is CCCCCCCCCCCCC/C=C/CCCC(O)C(O)C(CO)NC(=O)C(O)CCCCCCCCCCCCCCCCCCCCCCCCCCCCCCCC. The zero-order valence-corrected chi connectivity index (χ0v) is 41.9. The molecule has 0 radical (unpaired) electrons. The second-order valence-corrected chi connectivity index (χ2v) is 19.6. The van der Waals surface area contributed by atoms with Crippen LogP contribution in [0, 0.1) is 0 Å². The van der Waals surface area contributed by atoms with Crippen molar-refractivity contribution < 1.29 is 25.2 Å². The number of hydrogen-bond donors (Lipinski definition) is 5. The van der Waals surface area contributed by atoms with E-state index >= 15 is 0 Å². The Bertz CT molecular complexity index is 898. The van der Waals surface area contributed by atoms with Gasteiger partial charge in [-0.2, -0.15) is 0 Å². The molecule has 0 heterocycles. The maximum Gasteiger partial charge on any atom is 0.249 e. The topological polar surface area (TPSA) is 110 Å². The van der Waals surface area contributed by atoms with E-state index < -0.39 is 36.9 Å². The lowest BCUT2D eigenvalue weighted by atomic mass is 10.00. The molecule has 6 nitrogen and oxygen atoms in total. The van der Waals surface area contributed by atoms with Gasteiger partial charge >= 0.3 is 0 Å². The van der Waals surface area contributed by atoms with Gasteiger partial charge in [-0.05, 0) is 38.5 Å². The Morgan fingerprint density at radius 2 is 0.661 bits per heavy atom. The fourth-order valence-electron chi connectivity index (χ4n) is 9.06. The van der Waals surface area contributed by atoms with Crippen molar-refractivity contribution in [2.45, 2.75) is 334 Å². The maximum atomic E-state index is 12.6. The molecule has 4 unspecified atom stereocenters. The third-order valence-corrected chi connectivity index (χ3v) is 13.5. The minimum atomic E-state index is -1.28. The molecule has 0 bridgehead atoms. The van der Waals surface area contributed by atoms with Crippen LogP contribution < -0.4 is 5.32 Å². The summed E-state index contributed by atoms with van der Waals surface area (Å²) in [7, 11) is 0. The van der Waals surface area contributed by atoms with Crippen LogP contribution in [0.1, 0.15) is 309 Å². The predicted octanol–water partition coefficient (Wildman–Crippen LogP) is 16.1. The lowest BCUT2D eigenvalue weighted by molar-refractivity contribution is -0.132. The van der Waals surface area contributed by atoms with Gasteiger partial charge in [0.2, 0.25) is 5.91 Å². The summed E-state index contributed by atoms with van der Waals surface area (Å²) in [4.78, 5) is 12.6. The van der Waals surface area contributed by atoms with Crippen molar-refractivity contribution >= 4 is 5.91 Å². The van der Waals surface area contributed by atoms with Gasteiger partial charge in [0.05, 0.1) is 18.8 Å². The first-order chi connectivity index (χ1) is 30.5.